The molecule has 0 aromatic carbocycles. The van der Waals surface area contributed by atoms with Crippen molar-refractivity contribution in [2.24, 2.45) is 0 Å². The molecule has 82 valence electrons. The van der Waals surface area contributed by atoms with Gasteiger partial charge in [0.1, 0.15) is 0 Å². The van der Waals surface area contributed by atoms with E-state index in [4.69, 9.17) is 5.11 Å². The molecule has 1 fully saturated rings. The van der Waals surface area contributed by atoms with Crippen molar-refractivity contribution in [1.82, 2.24) is 10.2 Å². The predicted molar refractivity (Wildman–Crippen MR) is 55.4 cm³/mol. The molecular formula is C10H20N2O2. The SMILES string of the molecule is CCN1CC(C)NC(CCC(=O)O)C1. The molecule has 0 radical (unpaired) electrons. The number of nitrogens with zero attached hydrogens (tertiary/aromatic N) is 1. The maximum absolute atomic E-state index is 10.4. The Morgan fingerprint density at radius 1 is 1.57 bits per heavy atom. The number of hydrogen-bond donors (Lipinski definition) is 2. The van der Waals surface area contributed by atoms with Crippen LogP contribution >= 0.6 is 0 Å². The molecule has 1 rings (SSSR count). The minimum absolute atomic E-state index is 0.266. The standard InChI is InChI=1S/C10H20N2O2/c1-3-12-6-8(2)11-9(7-12)4-5-10(13)14/h8-9,11H,3-7H2,1-2H3,(H,13,14). The number of nitrogens with one attached hydrogen (secondary N) is 1. The average molecular weight is 200 g/mol. The van der Waals surface area contributed by atoms with Gasteiger partial charge in [0.2, 0.25) is 0 Å². The van der Waals surface area contributed by atoms with E-state index in [9.17, 15) is 4.79 Å². The summed E-state index contributed by atoms with van der Waals surface area (Å²) in [5, 5.41) is 12.0. The van der Waals surface area contributed by atoms with E-state index in [0.29, 0.717) is 12.1 Å². The second kappa shape index (κ2) is 5.32. The van der Waals surface area contributed by atoms with Crippen molar-refractivity contribution in [3.63, 3.8) is 0 Å². The Kier molecular flexibility index (Phi) is 4.35. The molecule has 4 nitrogen and oxygen atoms in total. The Balaban J connectivity index is 2.33. The molecule has 0 saturated carbocycles. The molecule has 1 saturated heterocycles. The van der Waals surface area contributed by atoms with Gasteiger partial charge in [-0.05, 0) is 19.9 Å². The molecule has 1 heterocycles. The van der Waals surface area contributed by atoms with Crippen molar-refractivity contribution in [3.05, 3.63) is 0 Å². The second-order valence-electron chi connectivity index (χ2n) is 4.05. The van der Waals surface area contributed by atoms with Crippen LogP contribution in [0.4, 0.5) is 0 Å². The Morgan fingerprint density at radius 2 is 2.29 bits per heavy atom. The summed E-state index contributed by atoms with van der Waals surface area (Å²) >= 11 is 0. The fourth-order valence-electron chi connectivity index (χ4n) is 2.01. The smallest absolute Gasteiger partial charge is 0.303 e. The van der Waals surface area contributed by atoms with E-state index >= 15 is 0 Å². The van der Waals surface area contributed by atoms with Crippen LogP contribution in [0.15, 0.2) is 0 Å². The molecule has 0 spiro atoms. The molecule has 4 heteroatoms. The fraction of sp³-hybridized carbons (Fsp3) is 0.900. The molecule has 2 unspecified atom stereocenters. The third kappa shape index (κ3) is 3.64. The van der Waals surface area contributed by atoms with E-state index < -0.39 is 5.97 Å². The van der Waals surface area contributed by atoms with E-state index in [0.717, 1.165) is 26.1 Å². The lowest BCUT2D eigenvalue weighted by atomic mass is 10.1. The summed E-state index contributed by atoms with van der Waals surface area (Å²) in [4.78, 5) is 12.8. The summed E-state index contributed by atoms with van der Waals surface area (Å²) in [5.41, 5.74) is 0. The van der Waals surface area contributed by atoms with Crippen molar-refractivity contribution in [2.45, 2.75) is 38.8 Å². The molecular weight excluding hydrogens is 180 g/mol. The Hall–Kier alpha value is -0.610. The van der Waals surface area contributed by atoms with Gasteiger partial charge in [0.05, 0.1) is 0 Å². The normalized spacial score (nSPS) is 29.0. The van der Waals surface area contributed by atoms with Crippen LogP contribution in [0.25, 0.3) is 0 Å². The molecule has 2 N–H and O–H groups in total. The van der Waals surface area contributed by atoms with Crippen molar-refractivity contribution >= 4 is 5.97 Å². The van der Waals surface area contributed by atoms with Crippen LogP contribution in [0.5, 0.6) is 0 Å². The quantitative estimate of drug-likeness (QED) is 0.695. The van der Waals surface area contributed by atoms with E-state index in [1.54, 1.807) is 0 Å². The summed E-state index contributed by atoms with van der Waals surface area (Å²) < 4.78 is 0. The van der Waals surface area contributed by atoms with Gasteiger partial charge in [0, 0.05) is 31.6 Å². The monoisotopic (exact) mass is 200 g/mol. The third-order valence-electron chi connectivity index (χ3n) is 2.68. The summed E-state index contributed by atoms with van der Waals surface area (Å²) in [7, 11) is 0. The zero-order valence-corrected chi connectivity index (χ0v) is 8.99. The van der Waals surface area contributed by atoms with Gasteiger partial charge < -0.3 is 15.3 Å². The number of carbonyl (C=O) groups is 1. The highest BCUT2D eigenvalue weighted by Gasteiger charge is 2.22. The van der Waals surface area contributed by atoms with Crippen LogP contribution in [-0.4, -0.2) is 47.7 Å². The molecule has 0 aliphatic carbocycles. The molecule has 0 aromatic rings. The molecule has 1 aliphatic rings. The first-order valence-corrected chi connectivity index (χ1v) is 5.32. The Labute approximate surface area is 85.3 Å². The lowest BCUT2D eigenvalue weighted by Gasteiger charge is -2.37. The lowest BCUT2D eigenvalue weighted by Crippen LogP contribution is -2.55. The van der Waals surface area contributed by atoms with Crippen molar-refractivity contribution < 1.29 is 9.90 Å². The summed E-state index contributed by atoms with van der Waals surface area (Å²) in [5.74, 6) is -0.701. The number of aliphatic carboxylic acids is 1. The van der Waals surface area contributed by atoms with Gasteiger partial charge >= 0.3 is 5.97 Å². The van der Waals surface area contributed by atoms with Crippen LogP contribution in [0.3, 0.4) is 0 Å². The molecule has 0 aromatic heterocycles. The molecule has 1 aliphatic heterocycles. The zero-order valence-electron chi connectivity index (χ0n) is 8.99. The number of rotatable bonds is 4. The first-order chi connectivity index (χ1) is 6.61. The van der Waals surface area contributed by atoms with Crippen LogP contribution in [-0.2, 0) is 4.79 Å². The third-order valence-corrected chi connectivity index (χ3v) is 2.68. The highest BCUT2D eigenvalue weighted by molar-refractivity contribution is 5.66. The zero-order chi connectivity index (χ0) is 10.6. The predicted octanol–water partition coefficient (Wildman–Crippen LogP) is 0.533. The number of likely N-dealkylation sites (N-methyl/N-ethyl adjacent to an activating group) is 1. The van der Waals surface area contributed by atoms with E-state index in [2.05, 4.69) is 24.1 Å². The van der Waals surface area contributed by atoms with Crippen LogP contribution in [0, 0.1) is 0 Å². The van der Waals surface area contributed by atoms with Gasteiger partial charge in [-0.2, -0.15) is 0 Å². The van der Waals surface area contributed by atoms with Crippen LogP contribution in [0.2, 0.25) is 0 Å². The second-order valence-corrected chi connectivity index (χ2v) is 4.05. The van der Waals surface area contributed by atoms with Gasteiger partial charge in [-0.1, -0.05) is 6.92 Å². The Morgan fingerprint density at radius 3 is 2.86 bits per heavy atom. The summed E-state index contributed by atoms with van der Waals surface area (Å²) in [6.45, 7) is 7.39. The molecule has 14 heavy (non-hydrogen) atoms. The maximum atomic E-state index is 10.4. The topological polar surface area (TPSA) is 52.6 Å². The van der Waals surface area contributed by atoms with Gasteiger partial charge in [-0.3, -0.25) is 4.79 Å². The minimum atomic E-state index is -0.701. The fourth-order valence-corrected chi connectivity index (χ4v) is 2.01. The first-order valence-electron chi connectivity index (χ1n) is 5.32. The van der Waals surface area contributed by atoms with E-state index in [1.807, 2.05) is 0 Å². The number of piperazine rings is 1. The largest absolute Gasteiger partial charge is 0.481 e. The molecule has 2 atom stereocenters. The summed E-state index contributed by atoms with van der Waals surface area (Å²) in [6, 6.07) is 0.817. The number of carboxylic acids is 1. The van der Waals surface area contributed by atoms with E-state index in [1.165, 1.54) is 0 Å². The van der Waals surface area contributed by atoms with Gasteiger partial charge in [0.15, 0.2) is 0 Å². The average Bonchev–Trinajstić information content (AvgIpc) is 2.14. The lowest BCUT2D eigenvalue weighted by molar-refractivity contribution is -0.137. The van der Waals surface area contributed by atoms with Gasteiger partial charge in [-0.25, -0.2) is 0 Å². The summed E-state index contributed by atoms with van der Waals surface area (Å²) in [6.07, 6.45) is 0.998. The van der Waals surface area contributed by atoms with Crippen molar-refractivity contribution in [2.75, 3.05) is 19.6 Å². The molecule has 0 amide bonds. The van der Waals surface area contributed by atoms with Crippen molar-refractivity contribution in [3.8, 4) is 0 Å². The number of carboxylic acid groups (broad SMARTS) is 1. The Bertz CT molecular complexity index is 197. The highest BCUT2D eigenvalue weighted by Crippen LogP contribution is 2.08. The van der Waals surface area contributed by atoms with Crippen molar-refractivity contribution in [1.29, 1.82) is 0 Å². The molecule has 0 bridgehead atoms. The van der Waals surface area contributed by atoms with Crippen LogP contribution < -0.4 is 5.32 Å². The highest BCUT2D eigenvalue weighted by atomic mass is 16.4. The van der Waals surface area contributed by atoms with Crippen LogP contribution in [0.1, 0.15) is 26.7 Å². The van der Waals surface area contributed by atoms with Gasteiger partial charge in [0.25, 0.3) is 0 Å². The number of hydrogen-bond acceptors (Lipinski definition) is 3. The maximum Gasteiger partial charge on any atom is 0.303 e. The van der Waals surface area contributed by atoms with E-state index in [-0.39, 0.29) is 6.42 Å². The first kappa shape index (κ1) is 11.5. The minimum Gasteiger partial charge on any atom is -0.481 e. The van der Waals surface area contributed by atoms with Gasteiger partial charge in [-0.15, -0.1) is 0 Å².